The summed E-state index contributed by atoms with van der Waals surface area (Å²) in [7, 11) is 0. The standard InChI is InChI=1S/C21H28F4N4O4/c1-21(2,3)11-28(9-15(22)23)17(19(26)31)20(32)27-14-5-4-12(8-13(14)18(24)25)29-6-7-33-10-16(29)30/h4-5,8,15,17-18H,6-7,9-11H2,1-3H3,(H2,26,31)(H,27,32)/t17-/m0/s1. The second kappa shape index (κ2) is 10.9. The van der Waals surface area contributed by atoms with Crippen LogP contribution in [0.5, 0.6) is 0 Å². The molecule has 0 radical (unpaired) electrons. The number of carbonyl (C=O) groups excluding carboxylic acids is 3. The molecule has 0 unspecified atom stereocenters. The Labute approximate surface area is 189 Å². The Morgan fingerprint density at radius 2 is 1.91 bits per heavy atom. The van der Waals surface area contributed by atoms with Crippen LogP contribution in [0.3, 0.4) is 0 Å². The highest BCUT2D eigenvalue weighted by Gasteiger charge is 2.36. The number of anilines is 2. The van der Waals surface area contributed by atoms with E-state index in [1.54, 1.807) is 20.8 Å². The molecule has 0 spiro atoms. The number of nitrogens with zero attached hydrogens (tertiary/aromatic N) is 2. The minimum absolute atomic E-state index is 0.0713. The first-order valence-corrected chi connectivity index (χ1v) is 10.2. The number of primary amides is 1. The van der Waals surface area contributed by atoms with Crippen molar-refractivity contribution in [2.75, 3.05) is 43.1 Å². The maximum Gasteiger partial charge on any atom is 0.265 e. The van der Waals surface area contributed by atoms with Gasteiger partial charge in [0.1, 0.15) is 6.61 Å². The van der Waals surface area contributed by atoms with Gasteiger partial charge in [0, 0.05) is 30.0 Å². The van der Waals surface area contributed by atoms with Gasteiger partial charge in [-0.05, 0) is 23.6 Å². The summed E-state index contributed by atoms with van der Waals surface area (Å²) in [5, 5.41) is 2.22. The van der Waals surface area contributed by atoms with Crippen molar-refractivity contribution in [2.24, 2.45) is 11.1 Å². The minimum atomic E-state index is -3.03. The number of morpholine rings is 1. The van der Waals surface area contributed by atoms with Crippen LogP contribution in [0.25, 0.3) is 0 Å². The van der Waals surface area contributed by atoms with Crippen molar-refractivity contribution in [1.82, 2.24) is 4.90 Å². The Balaban J connectivity index is 2.34. The molecular weight excluding hydrogens is 448 g/mol. The van der Waals surface area contributed by atoms with Gasteiger partial charge in [-0.25, -0.2) is 17.6 Å². The van der Waals surface area contributed by atoms with Gasteiger partial charge >= 0.3 is 0 Å². The molecule has 0 saturated carbocycles. The number of ether oxygens (including phenoxy) is 1. The number of amides is 3. The molecule has 0 aromatic heterocycles. The monoisotopic (exact) mass is 476 g/mol. The highest BCUT2D eigenvalue weighted by atomic mass is 19.3. The maximum atomic E-state index is 13.8. The lowest BCUT2D eigenvalue weighted by Crippen LogP contribution is -2.55. The first-order valence-electron chi connectivity index (χ1n) is 10.2. The third-order valence-electron chi connectivity index (χ3n) is 4.76. The van der Waals surface area contributed by atoms with E-state index in [2.05, 4.69) is 5.32 Å². The van der Waals surface area contributed by atoms with E-state index < -0.39 is 54.1 Å². The average Bonchev–Trinajstić information content (AvgIpc) is 2.66. The van der Waals surface area contributed by atoms with Crippen molar-refractivity contribution >= 4 is 29.1 Å². The molecular formula is C21H28F4N4O4. The van der Waals surface area contributed by atoms with E-state index in [0.29, 0.717) is 0 Å². The summed E-state index contributed by atoms with van der Waals surface area (Å²) in [5.41, 5.74) is 4.04. The van der Waals surface area contributed by atoms with Crippen LogP contribution in [0.1, 0.15) is 32.8 Å². The van der Waals surface area contributed by atoms with Gasteiger partial charge in [-0.1, -0.05) is 20.8 Å². The average molecular weight is 476 g/mol. The van der Waals surface area contributed by atoms with Crippen LogP contribution in [-0.2, 0) is 19.1 Å². The summed E-state index contributed by atoms with van der Waals surface area (Å²) in [6.45, 7) is 4.42. The van der Waals surface area contributed by atoms with Gasteiger partial charge in [-0.3, -0.25) is 19.3 Å². The van der Waals surface area contributed by atoms with E-state index >= 15 is 0 Å². The summed E-state index contributed by atoms with van der Waals surface area (Å²) >= 11 is 0. The first-order chi connectivity index (χ1) is 15.3. The van der Waals surface area contributed by atoms with Gasteiger partial charge in [-0.15, -0.1) is 0 Å². The fourth-order valence-corrected chi connectivity index (χ4v) is 3.53. The molecule has 1 atom stereocenters. The molecule has 1 aromatic carbocycles. The number of hydrogen-bond acceptors (Lipinski definition) is 5. The zero-order valence-electron chi connectivity index (χ0n) is 18.6. The molecule has 0 aliphatic carbocycles. The fraction of sp³-hybridized carbons (Fsp3) is 0.571. The molecule has 0 bridgehead atoms. The number of benzene rings is 1. The normalized spacial score (nSPS) is 15.9. The zero-order valence-corrected chi connectivity index (χ0v) is 18.6. The van der Waals surface area contributed by atoms with E-state index in [0.717, 1.165) is 17.0 Å². The Kier molecular flexibility index (Phi) is 8.78. The first kappa shape index (κ1) is 26.5. The summed E-state index contributed by atoms with van der Waals surface area (Å²) in [4.78, 5) is 39.1. The summed E-state index contributed by atoms with van der Waals surface area (Å²) in [5.74, 6) is -2.70. The van der Waals surface area contributed by atoms with Crippen molar-refractivity contribution in [3.63, 3.8) is 0 Å². The lowest BCUT2D eigenvalue weighted by molar-refractivity contribution is -0.134. The SMILES string of the molecule is CC(C)(C)CN(CC(F)F)[C@@H](C(N)=O)C(=O)Nc1ccc(N2CCOCC2=O)cc1C(F)F. The third-order valence-corrected chi connectivity index (χ3v) is 4.76. The van der Waals surface area contributed by atoms with E-state index in [9.17, 15) is 31.9 Å². The molecule has 1 aromatic rings. The molecule has 1 aliphatic rings. The molecule has 184 valence electrons. The summed E-state index contributed by atoms with van der Waals surface area (Å²) in [6.07, 6.45) is -5.89. The second-order valence-electron chi connectivity index (χ2n) is 8.85. The number of nitrogens with two attached hydrogens (primary N) is 1. The molecule has 8 nitrogen and oxygen atoms in total. The van der Waals surface area contributed by atoms with Crippen molar-refractivity contribution in [2.45, 2.75) is 39.7 Å². The van der Waals surface area contributed by atoms with Crippen molar-refractivity contribution in [1.29, 1.82) is 0 Å². The Bertz CT molecular complexity index is 876. The quantitative estimate of drug-likeness (QED) is 0.421. The van der Waals surface area contributed by atoms with Gasteiger partial charge in [0.05, 0.1) is 13.2 Å². The Morgan fingerprint density at radius 3 is 2.42 bits per heavy atom. The van der Waals surface area contributed by atoms with Crippen LogP contribution in [0.15, 0.2) is 18.2 Å². The smallest absolute Gasteiger partial charge is 0.265 e. The van der Waals surface area contributed by atoms with E-state index in [1.165, 1.54) is 11.0 Å². The van der Waals surface area contributed by atoms with Crippen LogP contribution in [0, 0.1) is 5.41 Å². The van der Waals surface area contributed by atoms with Crippen molar-refractivity contribution in [3.8, 4) is 0 Å². The highest BCUT2D eigenvalue weighted by molar-refractivity contribution is 6.10. The van der Waals surface area contributed by atoms with Crippen molar-refractivity contribution in [3.05, 3.63) is 23.8 Å². The molecule has 1 fully saturated rings. The van der Waals surface area contributed by atoms with Crippen LogP contribution in [-0.4, -0.2) is 67.9 Å². The number of rotatable bonds is 9. The number of carbonyl (C=O) groups is 3. The van der Waals surface area contributed by atoms with Crippen LogP contribution >= 0.6 is 0 Å². The molecule has 33 heavy (non-hydrogen) atoms. The molecule has 1 saturated heterocycles. The molecule has 2 rings (SSSR count). The number of hydrogen-bond donors (Lipinski definition) is 2. The number of halogens is 4. The molecule has 3 N–H and O–H groups in total. The van der Waals surface area contributed by atoms with E-state index in [-0.39, 0.29) is 37.7 Å². The van der Waals surface area contributed by atoms with Gasteiger partial charge in [0.15, 0.2) is 6.04 Å². The summed E-state index contributed by atoms with van der Waals surface area (Å²) in [6, 6.07) is 1.77. The van der Waals surface area contributed by atoms with E-state index in [1.807, 2.05) is 0 Å². The zero-order chi connectivity index (χ0) is 24.9. The highest BCUT2D eigenvalue weighted by Crippen LogP contribution is 2.32. The fourth-order valence-electron chi connectivity index (χ4n) is 3.53. The summed E-state index contributed by atoms with van der Waals surface area (Å²) < 4.78 is 58.8. The molecule has 12 heteroatoms. The maximum absolute atomic E-state index is 13.8. The van der Waals surface area contributed by atoms with Gasteiger partial charge < -0.3 is 20.7 Å². The van der Waals surface area contributed by atoms with Gasteiger partial charge in [0.25, 0.3) is 24.7 Å². The predicted molar refractivity (Wildman–Crippen MR) is 113 cm³/mol. The predicted octanol–water partition coefficient (Wildman–Crippen LogP) is 2.39. The van der Waals surface area contributed by atoms with E-state index in [4.69, 9.17) is 10.5 Å². The molecule has 1 aliphatic heterocycles. The largest absolute Gasteiger partial charge is 0.370 e. The minimum Gasteiger partial charge on any atom is -0.370 e. The van der Waals surface area contributed by atoms with Gasteiger partial charge in [0.2, 0.25) is 5.91 Å². The van der Waals surface area contributed by atoms with Crippen LogP contribution < -0.4 is 16.0 Å². The van der Waals surface area contributed by atoms with Crippen LogP contribution in [0.4, 0.5) is 28.9 Å². The van der Waals surface area contributed by atoms with Crippen molar-refractivity contribution < 1.29 is 36.7 Å². The Hall–Kier alpha value is -2.73. The Morgan fingerprint density at radius 1 is 1.24 bits per heavy atom. The lowest BCUT2D eigenvalue weighted by Gasteiger charge is -2.34. The number of nitrogens with one attached hydrogen (secondary N) is 1. The molecule has 3 amide bonds. The molecule has 1 heterocycles. The number of alkyl halides is 4. The lowest BCUT2D eigenvalue weighted by atomic mass is 9.95. The second-order valence-corrected chi connectivity index (χ2v) is 8.85. The van der Waals surface area contributed by atoms with Gasteiger partial charge in [-0.2, -0.15) is 0 Å². The third kappa shape index (κ3) is 7.39. The topological polar surface area (TPSA) is 105 Å². The van der Waals surface area contributed by atoms with Crippen LogP contribution in [0.2, 0.25) is 0 Å².